The van der Waals surface area contributed by atoms with E-state index in [9.17, 15) is 18.0 Å². The number of nitrogens with one attached hydrogen (secondary N) is 1. The van der Waals surface area contributed by atoms with Gasteiger partial charge in [-0.3, -0.25) is 4.79 Å². The quantitative estimate of drug-likeness (QED) is 0.454. The SMILES string of the molecule is CC(C)(C)c1ccc(OCc2ccc(C(=O)OCC(=O)Nc3ccc(S(N)(=O)=O)cc3)cc2)cc1. The number of amides is 1. The van der Waals surface area contributed by atoms with Gasteiger partial charge in [-0.15, -0.1) is 0 Å². The third-order valence-electron chi connectivity index (χ3n) is 5.12. The number of carbonyl (C=O) groups is 2. The molecule has 0 spiro atoms. The summed E-state index contributed by atoms with van der Waals surface area (Å²) in [5.74, 6) is -0.453. The number of sulfonamides is 1. The molecule has 0 saturated heterocycles. The van der Waals surface area contributed by atoms with Crippen molar-refractivity contribution < 1.29 is 27.5 Å². The van der Waals surface area contributed by atoms with Crippen molar-refractivity contribution in [1.29, 1.82) is 0 Å². The van der Waals surface area contributed by atoms with Gasteiger partial charge in [0.2, 0.25) is 10.0 Å². The summed E-state index contributed by atoms with van der Waals surface area (Å²) >= 11 is 0. The first kappa shape index (κ1) is 25.9. The lowest BCUT2D eigenvalue weighted by Crippen LogP contribution is -2.21. The Morgan fingerprint density at radius 3 is 2.03 bits per heavy atom. The van der Waals surface area contributed by atoms with E-state index < -0.39 is 28.5 Å². The monoisotopic (exact) mass is 496 g/mol. The van der Waals surface area contributed by atoms with E-state index in [-0.39, 0.29) is 10.3 Å². The number of rotatable bonds is 8. The smallest absolute Gasteiger partial charge is 0.338 e. The van der Waals surface area contributed by atoms with Gasteiger partial charge in [0, 0.05) is 5.69 Å². The van der Waals surface area contributed by atoms with Crippen LogP contribution in [-0.2, 0) is 31.6 Å². The van der Waals surface area contributed by atoms with Crippen LogP contribution >= 0.6 is 0 Å². The molecule has 35 heavy (non-hydrogen) atoms. The first-order chi connectivity index (χ1) is 16.4. The summed E-state index contributed by atoms with van der Waals surface area (Å²) in [6.07, 6.45) is 0. The highest BCUT2D eigenvalue weighted by atomic mass is 32.2. The topological polar surface area (TPSA) is 125 Å². The van der Waals surface area contributed by atoms with Crippen LogP contribution < -0.4 is 15.2 Å². The fraction of sp³-hybridized carbons (Fsp3) is 0.231. The molecule has 0 unspecified atom stereocenters. The van der Waals surface area contributed by atoms with Crippen molar-refractivity contribution in [3.8, 4) is 5.75 Å². The molecule has 9 heteroatoms. The molecule has 0 heterocycles. The fourth-order valence-corrected chi connectivity index (χ4v) is 3.61. The minimum absolute atomic E-state index is 0.0745. The molecule has 0 radical (unpaired) electrons. The van der Waals surface area contributed by atoms with E-state index in [1.807, 2.05) is 24.3 Å². The zero-order valence-corrected chi connectivity index (χ0v) is 20.6. The van der Waals surface area contributed by atoms with E-state index in [1.165, 1.54) is 29.8 Å². The van der Waals surface area contributed by atoms with Gasteiger partial charge < -0.3 is 14.8 Å². The highest BCUT2D eigenvalue weighted by Crippen LogP contribution is 2.24. The number of hydrogen-bond donors (Lipinski definition) is 2. The standard InChI is InChI=1S/C26H28N2O6S/c1-26(2,3)20-8-12-22(13-9-20)33-16-18-4-6-19(7-5-18)25(30)34-17-24(29)28-21-10-14-23(15-11-21)35(27,31)32/h4-15H,16-17H2,1-3H3,(H,28,29)(H2,27,31,32). The summed E-state index contributed by atoms with van der Waals surface area (Å²) < 4.78 is 33.4. The number of carbonyl (C=O) groups excluding carboxylic acids is 2. The second-order valence-electron chi connectivity index (χ2n) is 8.95. The molecule has 3 aromatic carbocycles. The lowest BCUT2D eigenvalue weighted by atomic mass is 9.87. The van der Waals surface area contributed by atoms with Gasteiger partial charge in [0.1, 0.15) is 12.4 Å². The summed E-state index contributed by atoms with van der Waals surface area (Å²) in [5, 5.41) is 7.55. The zero-order chi connectivity index (χ0) is 25.6. The van der Waals surface area contributed by atoms with Gasteiger partial charge in [-0.25, -0.2) is 18.4 Å². The highest BCUT2D eigenvalue weighted by Gasteiger charge is 2.14. The summed E-state index contributed by atoms with van der Waals surface area (Å²) in [5.41, 5.74) is 2.82. The Bertz CT molecular complexity index is 1280. The van der Waals surface area contributed by atoms with Gasteiger partial charge in [-0.2, -0.15) is 0 Å². The number of primary sulfonamides is 1. The Morgan fingerprint density at radius 2 is 1.49 bits per heavy atom. The molecule has 184 valence electrons. The third kappa shape index (κ3) is 7.66. The molecular weight excluding hydrogens is 468 g/mol. The van der Waals surface area contributed by atoms with Gasteiger partial charge >= 0.3 is 5.97 Å². The number of benzene rings is 3. The van der Waals surface area contributed by atoms with Crippen molar-refractivity contribution in [2.24, 2.45) is 5.14 Å². The van der Waals surface area contributed by atoms with Crippen LogP contribution in [-0.4, -0.2) is 26.9 Å². The number of ether oxygens (including phenoxy) is 2. The second kappa shape index (κ2) is 10.7. The number of nitrogens with two attached hydrogens (primary N) is 1. The summed E-state index contributed by atoms with van der Waals surface area (Å²) in [4.78, 5) is 24.2. The van der Waals surface area contributed by atoms with Crippen LogP contribution in [0.3, 0.4) is 0 Å². The van der Waals surface area contributed by atoms with Crippen molar-refractivity contribution >= 4 is 27.6 Å². The van der Waals surface area contributed by atoms with Crippen LogP contribution in [0, 0.1) is 0 Å². The van der Waals surface area contributed by atoms with Crippen molar-refractivity contribution in [3.63, 3.8) is 0 Å². The summed E-state index contributed by atoms with van der Waals surface area (Å²) in [6, 6.07) is 20.0. The maximum absolute atomic E-state index is 12.2. The van der Waals surface area contributed by atoms with Crippen molar-refractivity contribution in [2.75, 3.05) is 11.9 Å². The predicted octanol–water partition coefficient (Wildman–Crippen LogP) is 4.01. The average Bonchev–Trinajstić information content (AvgIpc) is 2.81. The van der Waals surface area contributed by atoms with E-state index in [2.05, 4.69) is 26.1 Å². The molecule has 0 aliphatic rings. The normalized spacial score (nSPS) is 11.5. The third-order valence-corrected chi connectivity index (χ3v) is 6.05. The molecule has 0 aliphatic heterocycles. The lowest BCUT2D eigenvalue weighted by molar-refractivity contribution is -0.119. The largest absolute Gasteiger partial charge is 0.489 e. The summed E-state index contributed by atoms with van der Waals surface area (Å²) in [7, 11) is -3.82. The van der Waals surface area contributed by atoms with Gasteiger partial charge in [0.25, 0.3) is 5.91 Å². The first-order valence-electron chi connectivity index (χ1n) is 10.8. The summed E-state index contributed by atoms with van der Waals surface area (Å²) in [6.45, 7) is 6.31. The average molecular weight is 497 g/mol. The van der Waals surface area contributed by atoms with Crippen LogP contribution in [0.1, 0.15) is 42.3 Å². The highest BCUT2D eigenvalue weighted by molar-refractivity contribution is 7.89. The first-order valence-corrected chi connectivity index (χ1v) is 12.4. The molecule has 0 aromatic heterocycles. The maximum Gasteiger partial charge on any atom is 0.338 e. The van der Waals surface area contributed by atoms with Crippen LogP contribution in [0.5, 0.6) is 5.75 Å². The van der Waals surface area contributed by atoms with Crippen LogP contribution in [0.2, 0.25) is 0 Å². The zero-order valence-electron chi connectivity index (χ0n) is 19.8. The molecule has 0 bridgehead atoms. The Hall–Kier alpha value is -3.69. The lowest BCUT2D eigenvalue weighted by Gasteiger charge is -2.19. The van der Waals surface area contributed by atoms with Crippen molar-refractivity contribution in [3.05, 3.63) is 89.5 Å². The van der Waals surface area contributed by atoms with Crippen LogP contribution in [0.4, 0.5) is 5.69 Å². The molecule has 0 saturated carbocycles. The molecule has 8 nitrogen and oxygen atoms in total. The van der Waals surface area contributed by atoms with Crippen molar-refractivity contribution in [2.45, 2.75) is 37.7 Å². The molecule has 0 atom stereocenters. The van der Waals surface area contributed by atoms with E-state index >= 15 is 0 Å². The Balaban J connectivity index is 1.46. The predicted molar refractivity (Wildman–Crippen MR) is 133 cm³/mol. The number of esters is 1. The number of hydrogen-bond acceptors (Lipinski definition) is 6. The van der Waals surface area contributed by atoms with Crippen molar-refractivity contribution in [1.82, 2.24) is 0 Å². The van der Waals surface area contributed by atoms with Crippen LogP contribution in [0.15, 0.2) is 77.7 Å². The molecule has 3 rings (SSSR count). The molecule has 0 aliphatic carbocycles. The van der Waals surface area contributed by atoms with Gasteiger partial charge in [0.15, 0.2) is 6.61 Å². The molecule has 3 N–H and O–H groups in total. The minimum atomic E-state index is -3.82. The van der Waals surface area contributed by atoms with Gasteiger partial charge in [-0.1, -0.05) is 45.0 Å². The maximum atomic E-state index is 12.2. The second-order valence-corrected chi connectivity index (χ2v) is 10.5. The molecule has 3 aromatic rings. The van der Waals surface area contributed by atoms with E-state index in [1.54, 1.807) is 24.3 Å². The number of anilines is 1. The van der Waals surface area contributed by atoms with E-state index in [0.717, 1.165) is 11.3 Å². The van der Waals surface area contributed by atoms with Gasteiger partial charge in [-0.05, 0) is 65.1 Å². The fourth-order valence-electron chi connectivity index (χ4n) is 3.09. The van der Waals surface area contributed by atoms with E-state index in [0.29, 0.717) is 17.9 Å². The Kier molecular flexibility index (Phi) is 7.93. The van der Waals surface area contributed by atoms with E-state index in [4.69, 9.17) is 14.6 Å². The van der Waals surface area contributed by atoms with Gasteiger partial charge in [0.05, 0.1) is 10.5 Å². The molecular formula is C26H28N2O6S. The minimum Gasteiger partial charge on any atom is -0.489 e. The Morgan fingerprint density at radius 1 is 0.886 bits per heavy atom. The van der Waals surface area contributed by atoms with Crippen LogP contribution in [0.25, 0.3) is 0 Å². The molecule has 0 fully saturated rings. The Labute approximate surface area is 205 Å². The molecule has 1 amide bonds.